The number of nitrogens with zero attached hydrogens (tertiary/aromatic N) is 2. The van der Waals surface area contributed by atoms with Gasteiger partial charge < -0.3 is 31.7 Å². The number of dihydropyridines is 1. The molecule has 0 spiro atoms. The number of hydrogen-bond donors (Lipinski definition) is 5. The van der Waals surface area contributed by atoms with Crippen LogP contribution in [0.25, 0.3) is 0 Å². The lowest BCUT2D eigenvalue weighted by atomic mass is 10.0. The minimum absolute atomic E-state index is 0.0422. The first-order valence-corrected chi connectivity index (χ1v) is 10.5. The molecule has 160 valence electrons. The average Bonchev–Trinajstić information content (AvgIpc) is 2.67. The Morgan fingerprint density at radius 3 is 2.76 bits per heavy atom. The zero-order valence-corrected chi connectivity index (χ0v) is 17.8. The highest BCUT2D eigenvalue weighted by Crippen LogP contribution is 2.26. The second-order valence-corrected chi connectivity index (χ2v) is 8.37. The van der Waals surface area contributed by atoms with Crippen molar-refractivity contribution < 1.29 is 9.53 Å². The summed E-state index contributed by atoms with van der Waals surface area (Å²) in [7, 11) is 2.08. The predicted octanol–water partition coefficient (Wildman–Crippen LogP) is -1.28. The molecule has 2 unspecified atom stereocenters. The van der Waals surface area contributed by atoms with E-state index in [4.69, 9.17) is 39.4 Å². The van der Waals surface area contributed by atoms with Crippen LogP contribution in [0.5, 0.6) is 0 Å². The van der Waals surface area contributed by atoms with Crippen molar-refractivity contribution in [2.24, 2.45) is 17.4 Å². The van der Waals surface area contributed by atoms with E-state index in [2.05, 4.69) is 32.6 Å². The smallest absolute Gasteiger partial charge is 0.358 e. The zero-order valence-electron chi connectivity index (χ0n) is 16.3. The van der Waals surface area contributed by atoms with E-state index >= 15 is 0 Å². The maximum absolute atomic E-state index is 13.0. The second-order valence-electron chi connectivity index (χ2n) is 7.41. The molecule has 7 N–H and O–H groups in total. The lowest BCUT2D eigenvalue weighted by Crippen LogP contribution is -2.56. The van der Waals surface area contributed by atoms with Gasteiger partial charge in [0.2, 0.25) is 5.91 Å². The number of alkyl halides is 1. The third-order valence-electron chi connectivity index (χ3n) is 5.04. The SMILES string of the molecule is CN1CCC(OC2=C(NC(=O)C(C3=[N+]=CC(Cl)CN3)C(N)N)CNC=C2Cl)CC1. The van der Waals surface area contributed by atoms with E-state index in [1.54, 1.807) is 12.4 Å². The van der Waals surface area contributed by atoms with Crippen LogP contribution in [0.1, 0.15) is 12.8 Å². The first-order chi connectivity index (χ1) is 13.8. The molecule has 0 saturated carbocycles. The zero-order chi connectivity index (χ0) is 21.0. The Balaban J connectivity index is 1.77. The number of nitrogens with one attached hydrogen (secondary N) is 3. The molecule has 0 aliphatic carbocycles. The fourth-order valence-corrected chi connectivity index (χ4v) is 3.76. The van der Waals surface area contributed by atoms with Crippen LogP contribution in [0.3, 0.4) is 0 Å². The number of piperidine rings is 1. The van der Waals surface area contributed by atoms with E-state index < -0.39 is 12.1 Å². The van der Waals surface area contributed by atoms with E-state index in [1.807, 2.05) is 0 Å². The molecule has 3 heterocycles. The van der Waals surface area contributed by atoms with Crippen LogP contribution >= 0.6 is 23.2 Å². The molecule has 1 saturated heterocycles. The number of hydrogen-bond acceptors (Lipinski definition) is 7. The van der Waals surface area contributed by atoms with Crippen LogP contribution in [-0.4, -0.2) is 73.7 Å². The third-order valence-corrected chi connectivity index (χ3v) is 5.59. The Morgan fingerprint density at radius 2 is 2.14 bits per heavy atom. The second kappa shape index (κ2) is 9.84. The largest absolute Gasteiger partial charge is 0.487 e. The molecule has 3 aliphatic heterocycles. The fourth-order valence-electron chi connectivity index (χ4n) is 3.39. The van der Waals surface area contributed by atoms with E-state index in [-0.39, 0.29) is 17.4 Å². The molecule has 1 fully saturated rings. The van der Waals surface area contributed by atoms with E-state index in [0.717, 1.165) is 25.9 Å². The van der Waals surface area contributed by atoms with Gasteiger partial charge in [-0.1, -0.05) is 11.6 Å². The van der Waals surface area contributed by atoms with Gasteiger partial charge in [0, 0.05) is 19.3 Å². The molecule has 0 aromatic carbocycles. The van der Waals surface area contributed by atoms with Crippen LogP contribution in [0.4, 0.5) is 0 Å². The average molecular weight is 445 g/mol. The van der Waals surface area contributed by atoms with Gasteiger partial charge in [0.05, 0.1) is 18.4 Å². The molecule has 3 aliphatic rings. The maximum atomic E-state index is 13.0. The fraction of sp³-hybridized carbons (Fsp3) is 0.611. The van der Waals surface area contributed by atoms with Crippen LogP contribution in [-0.2, 0) is 9.53 Å². The molecule has 3 rings (SSSR count). The standard InChI is InChI=1S/C18H27Cl2N7O2/c1-27-4-2-11(3-5-27)29-15-12(20)8-23-9-13(15)26-18(28)14(16(21)22)17-24-6-10(19)7-25-17/h6,8,10-11,14,16,23H,2-5,7,9,21-22H2,1H3,(H,26,28)/p+1. The number of ether oxygens (including phenoxy) is 1. The molecular formula is C18H28Cl2N7O2+. The molecule has 0 aromatic rings. The van der Waals surface area contributed by atoms with Crippen LogP contribution < -0.4 is 32.1 Å². The van der Waals surface area contributed by atoms with E-state index in [9.17, 15) is 4.79 Å². The number of allylic oxidation sites excluding steroid dienone is 1. The van der Waals surface area contributed by atoms with Crippen molar-refractivity contribution in [3.63, 3.8) is 0 Å². The number of likely N-dealkylation sites (tertiary alicyclic amines) is 1. The van der Waals surface area contributed by atoms with Crippen molar-refractivity contribution in [2.45, 2.75) is 30.5 Å². The van der Waals surface area contributed by atoms with Gasteiger partial charge in [-0.25, -0.2) is 4.67 Å². The number of carbonyl (C=O) groups excluding carboxylic acids is 1. The molecule has 29 heavy (non-hydrogen) atoms. The van der Waals surface area contributed by atoms with Crippen LogP contribution in [0.2, 0.25) is 0 Å². The highest BCUT2D eigenvalue weighted by molar-refractivity contribution is 6.32. The maximum Gasteiger partial charge on any atom is 0.358 e. The predicted molar refractivity (Wildman–Crippen MR) is 115 cm³/mol. The quantitative estimate of drug-likeness (QED) is 0.195. The highest BCUT2D eigenvalue weighted by atomic mass is 35.5. The molecule has 0 radical (unpaired) electrons. The summed E-state index contributed by atoms with van der Waals surface area (Å²) in [6.07, 6.45) is 4.11. The number of halogens is 2. The van der Waals surface area contributed by atoms with Gasteiger partial charge in [0.25, 0.3) is 0 Å². The Kier molecular flexibility index (Phi) is 7.45. The van der Waals surface area contributed by atoms with Crippen molar-refractivity contribution in [3.8, 4) is 0 Å². The van der Waals surface area contributed by atoms with Crippen LogP contribution in [0.15, 0.2) is 22.7 Å². The summed E-state index contributed by atoms with van der Waals surface area (Å²) < 4.78 is 10.4. The number of amides is 1. The molecule has 0 bridgehead atoms. The summed E-state index contributed by atoms with van der Waals surface area (Å²) in [6, 6.07) is 0. The van der Waals surface area contributed by atoms with E-state index in [1.165, 1.54) is 0 Å². The van der Waals surface area contributed by atoms with E-state index in [0.29, 0.717) is 35.4 Å². The van der Waals surface area contributed by atoms with Crippen molar-refractivity contribution in [1.29, 1.82) is 0 Å². The molecule has 0 aromatic heterocycles. The molecule has 1 amide bonds. The molecule has 2 atom stereocenters. The number of nitrogens with two attached hydrogens (primary N) is 2. The Hall–Kier alpha value is -1.74. The molecule has 9 nitrogen and oxygen atoms in total. The lowest BCUT2D eigenvalue weighted by Gasteiger charge is -2.31. The highest BCUT2D eigenvalue weighted by Gasteiger charge is 2.38. The minimum Gasteiger partial charge on any atom is -0.487 e. The monoisotopic (exact) mass is 444 g/mol. The topological polar surface area (TPSA) is 132 Å². The van der Waals surface area contributed by atoms with Crippen molar-refractivity contribution in [3.05, 3.63) is 22.7 Å². The normalized spacial score (nSPS) is 24.4. The summed E-state index contributed by atoms with van der Waals surface area (Å²) in [6.45, 7) is 2.71. The summed E-state index contributed by atoms with van der Waals surface area (Å²) >= 11 is 12.4. The molecule has 11 heteroatoms. The van der Waals surface area contributed by atoms with Gasteiger partial charge in [-0.15, -0.1) is 11.6 Å². The Morgan fingerprint density at radius 1 is 1.41 bits per heavy atom. The van der Waals surface area contributed by atoms with Crippen molar-refractivity contribution in [2.75, 3.05) is 33.2 Å². The summed E-state index contributed by atoms with van der Waals surface area (Å²) in [5.41, 5.74) is 12.3. The van der Waals surface area contributed by atoms with Gasteiger partial charge in [-0.2, -0.15) is 0 Å². The van der Waals surface area contributed by atoms with Gasteiger partial charge in [-0.05, 0) is 19.9 Å². The van der Waals surface area contributed by atoms with Gasteiger partial charge in [0.15, 0.2) is 17.9 Å². The van der Waals surface area contributed by atoms with Crippen LogP contribution in [0, 0.1) is 5.92 Å². The first kappa shape index (κ1) is 22.0. The number of amidine groups is 1. The van der Waals surface area contributed by atoms with Gasteiger partial charge in [-0.3, -0.25) is 10.1 Å². The van der Waals surface area contributed by atoms with Gasteiger partial charge in [0.1, 0.15) is 23.1 Å². The number of carbonyl (C=O) groups is 1. The first-order valence-electron chi connectivity index (χ1n) is 9.64. The third kappa shape index (κ3) is 5.66. The van der Waals surface area contributed by atoms with Gasteiger partial charge >= 0.3 is 5.84 Å². The van der Waals surface area contributed by atoms with Crippen molar-refractivity contribution in [1.82, 2.24) is 25.5 Å². The molecular weight excluding hydrogens is 417 g/mol. The van der Waals surface area contributed by atoms with Crippen molar-refractivity contribution >= 4 is 41.2 Å². The summed E-state index contributed by atoms with van der Waals surface area (Å²) in [5, 5.41) is 9.09. The summed E-state index contributed by atoms with van der Waals surface area (Å²) in [4.78, 5) is 15.2. The Bertz CT molecular complexity index is 753. The lowest BCUT2D eigenvalue weighted by molar-refractivity contribution is -0.122. The minimum atomic E-state index is -0.942. The summed E-state index contributed by atoms with van der Waals surface area (Å²) in [5.74, 6) is -0.390. The number of rotatable bonds is 6. The Labute approximate surface area is 180 Å².